The number of primary amides is 1. The first kappa shape index (κ1) is 24.4. The number of ether oxygens (including phenoxy) is 1. The van der Waals surface area contributed by atoms with Crippen molar-refractivity contribution in [2.45, 2.75) is 48.8 Å². The number of fused-ring (bicyclic) bond motifs is 1. The zero-order chi connectivity index (χ0) is 25.3. The van der Waals surface area contributed by atoms with Crippen molar-refractivity contribution in [2.24, 2.45) is 5.73 Å². The van der Waals surface area contributed by atoms with E-state index in [1.54, 1.807) is 0 Å². The summed E-state index contributed by atoms with van der Waals surface area (Å²) in [6, 6.07) is 9.50. The van der Waals surface area contributed by atoms with Crippen LogP contribution < -0.4 is 15.8 Å². The smallest absolute Gasteiger partial charge is 0.252 e. The number of rotatable bonds is 6. The highest BCUT2D eigenvalue weighted by molar-refractivity contribution is 7.91. The number of amides is 2. The summed E-state index contributed by atoms with van der Waals surface area (Å²) >= 11 is 0. The quantitative estimate of drug-likeness (QED) is 0.629. The van der Waals surface area contributed by atoms with Gasteiger partial charge < -0.3 is 15.8 Å². The number of sulfone groups is 1. The van der Waals surface area contributed by atoms with Crippen LogP contribution in [0.15, 0.2) is 74.5 Å². The molecular formula is C26H26N2O6S. The topological polar surface area (TPSA) is 133 Å². The molecule has 1 fully saturated rings. The number of anilines is 1. The van der Waals surface area contributed by atoms with Crippen LogP contribution in [-0.4, -0.2) is 33.1 Å². The average Bonchev–Trinajstić information content (AvgIpc) is 3.04. The summed E-state index contributed by atoms with van der Waals surface area (Å²) in [6.45, 7) is 1.87. The molecule has 0 radical (unpaired) electrons. The fourth-order valence-corrected chi connectivity index (χ4v) is 5.85. The zero-order valence-corrected chi connectivity index (χ0v) is 20.3. The van der Waals surface area contributed by atoms with Gasteiger partial charge in [0.1, 0.15) is 5.75 Å². The van der Waals surface area contributed by atoms with E-state index in [-0.39, 0.29) is 32.7 Å². The molecule has 8 nitrogen and oxygen atoms in total. The van der Waals surface area contributed by atoms with Gasteiger partial charge in [-0.05, 0) is 80.6 Å². The highest BCUT2D eigenvalue weighted by atomic mass is 32.2. The number of carbonyl (C=O) groups is 3. The second-order valence-electron chi connectivity index (χ2n) is 8.63. The van der Waals surface area contributed by atoms with Crippen molar-refractivity contribution in [3.05, 3.63) is 70.3 Å². The number of allylic oxidation sites excluding steroid dienone is 3. The molecule has 0 bridgehead atoms. The Kier molecular flexibility index (Phi) is 6.62. The molecule has 0 aliphatic heterocycles. The fourth-order valence-electron chi connectivity index (χ4n) is 4.56. The number of carbonyl (C=O) groups excluding carboxylic acids is 3. The van der Waals surface area contributed by atoms with Gasteiger partial charge in [0.25, 0.3) is 5.91 Å². The van der Waals surface area contributed by atoms with Gasteiger partial charge in [0.2, 0.25) is 15.7 Å². The minimum absolute atomic E-state index is 0.0212. The maximum atomic E-state index is 13.3. The Labute approximate surface area is 203 Å². The van der Waals surface area contributed by atoms with E-state index in [9.17, 15) is 22.8 Å². The molecule has 0 saturated heterocycles. The largest absolute Gasteiger partial charge is 0.495 e. The Hall–Kier alpha value is -3.72. The highest BCUT2D eigenvalue weighted by Gasteiger charge is 2.32. The number of nitrogens with two attached hydrogens (primary N) is 1. The van der Waals surface area contributed by atoms with E-state index < -0.39 is 15.7 Å². The second kappa shape index (κ2) is 9.50. The molecule has 0 unspecified atom stereocenters. The van der Waals surface area contributed by atoms with Crippen LogP contribution in [0.1, 0.15) is 49.4 Å². The van der Waals surface area contributed by atoms with Crippen LogP contribution in [0.5, 0.6) is 5.75 Å². The maximum absolute atomic E-state index is 13.3. The molecule has 4 rings (SSSR count). The predicted molar refractivity (Wildman–Crippen MR) is 130 cm³/mol. The average molecular weight is 495 g/mol. The summed E-state index contributed by atoms with van der Waals surface area (Å²) < 4.78 is 31.7. The minimum Gasteiger partial charge on any atom is -0.495 e. The predicted octanol–water partition coefficient (Wildman–Crippen LogP) is 3.73. The minimum atomic E-state index is -3.95. The van der Waals surface area contributed by atoms with Gasteiger partial charge in [0, 0.05) is 23.1 Å². The first-order chi connectivity index (χ1) is 16.6. The number of Topliss-reactive ketones (excluding diaryl/α,β-unsaturated/α-hetero) is 1. The lowest BCUT2D eigenvalue weighted by molar-refractivity contribution is -0.115. The van der Waals surface area contributed by atoms with Crippen LogP contribution in [0.25, 0.3) is 0 Å². The van der Waals surface area contributed by atoms with Crippen LogP contribution in [0.4, 0.5) is 5.69 Å². The van der Waals surface area contributed by atoms with Crippen molar-refractivity contribution in [2.75, 3.05) is 12.4 Å². The Bertz CT molecular complexity index is 1400. The van der Waals surface area contributed by atoms with Crippen molar-refractivity contribution in [3.63, 3.8) is 0 Å². The van der Waals surface area contributed by atoms with Gasteiger partial charge in [-0.25, -0.2) is 8.42 Å². The van der Waals surface area contributed by atoms with Crippen molar-refractivity contribution in [1.29, 1.82) is 0 Å². The third kappa shape index (κ3) is 4.64. The van der Waals surface area contributed by atoms with E-state index >= 15 is 0 Å². The Morgan fingerprint density at radius 2 is 1.66 bits per heavy atom. The summed E-state index contributed by atoms with van der Waals surface area (Å²) in [6.07, 6.45) is 3.16. The number of methoxy groups -OCH3 is 1. The molecule has 2 aromatic carbocycles. The number of hydrogen-bond acceptors (Lipinski definition) is 6. The van der Waals surface area contributed by atoms with Gasteiger partial charge >= 0.3 is 0 Å². The van der Waals surface area contributed by atoms with Crippen molar-refractivity contribution < 1.29 is 27.5 Å². The zero-order valence-electron chi connectivity index (χ0n) is 19.5. The molecule has 3 N–H and O–H groups in total. The van der Waals surface area contributed by atoms with E-state index in [0.29, 0.717) is 36.2 Å². The molecule has 2 aliphatic rings. The van der Waals surface area contributed by atoms with Gasteiger partial charge in [-0.1, -0.05) is 5.57 Å². The number of benzene rings is 2. The Morgan fingerprint density at radius 1 is 1.00 bits per heavy atom. The lowest BCUT2D eigenvalue weighted by Gasteiger charge is -2.14. The molecule has 9 heteroatoms. The molecular weight excluding hydrogens is 468 g/mol. The van der Waals surface area contributed by atoms with Gasteiger partial charge in [0.15, 0.2) is 5.78 Å². The summed E-state index contributed by atoms with van der Waals surface area (Å²) in [5, 5.41) is 2.79. The van der Waals surface area contributed by atoms with E-state index in [1.807, 2.05) is 6.92 Å². The third-order valence-electron chi connectivity index (χ3n) is 6.35. The van der Waals surface area contributed by atoms with Crippen LogP contribution in [0.2, 0.25) is 0 Å². The Balaban J connectivity index is 1.67. The highest BCUT2D eigenvalue weighted by Crippen LogP contribution is 2.40. The normalized spacial score (nSPS) is 16.1. The second-order valence-corrected chi connectivity index (χ2v) is 10.6. The standard InChI is InChI=1S/C26H26N2O6S/c1-15-13-20(19-5-3-4-6-22(29)24(15)19)26(31)28-21-14-18(11-12-23(21)34-2)35(32,33)17-9-7-16(8-10-17)25(27)30/h7-12,14H,3-6,13H2,1-2H3,(H2,27,30)(H,28,31). The summed E-state index contributed by atoms with van der Waals surface area (Å²) in [4.78, 5) is 37.0. The van der Waals surface area contributed by atoms with E-state index in [2.05, 4.69) is 5.32 Å². The van der Waals surface area contributed by atoms with Crippen LogP contribution >= 0.6 is 0 Å². The Morgan fingerprint density at radius 3 is 2.31 bits per heavy atom. The molecule has 1 saturated carbocycles. The van der Waals surface area contributed by atoms with E-state index in [1.165, 1.54) is 49.6 Å². The molecule has 182 valence electrons. The first-order valence-electron chi connectivity index (χ1n) is 11.2. The van der Waals surface area contributed by atoms with Gasteiger partial charge in [-0.2, -0.15) is 0 Å². The molecule has 0 atom stereocenters. The summed E-state index contributed by atoms with van der Waals surface area (Å²) in [5.74, 6) is -0.672. The summed E-state index contributed by atoms with van der Waals surface area (Å²) in [5.41, 5.74) is 8.51. The summed E-state index contributed by atoms with van der Waals surface area (Å²) in [7, 11) is -2.52. The molecule has 0 heterocycles. The van der Waals surface area contributed by atoms with Crippen LogP contribution in [0, 0.1) is 0 Å². The number of nitrogens with one attached hydrogen (secondary N) is 1. The van der Waals surface area contributed by atoms with Crippen LogP contribution in [0.3, 0.4) is 0 Å². The maximum Gasteiger partial charge on any atom is 0.252 e. The first-order valence-corrected chi connectivity index (χ1v) is 12.7. The van der Waals surface area contributed by atoms with Gasteiger partial charge in [-0.15, -0.1) is 0 Å². The monoisotopic (exact) mass is 494 g/mol. The van der Waals surface area contributed by atoms with Gasteiger partial charge in [0.05, 0.1) is 22.6 Å². The lowest BCUT2D eigenvalue weighted by atomic mass is 9.99. The molecule has 2 aliphatic carbocycles. The van der Waals surface area contributed by atoms with Crippen molar-refractivity contribution in [1.82, 2.24) is 0 Å². The molecule has 2 aromatic rings. The molecule has 0 spiro atoms. The van der Waals surface area contributed by atoms with Gasteiger partial charge in [-0.3, -0.25) is 14.4 Å². The SMILES string of the molecule is COc1ccc(S(=O)(=O)c2ccc(C(N)=O)cc2)cc1NC(=O)C1=C2CCCCC(=O)C2=C(C)C1. The molecule has 0 aromatic heterocycles. The lowest BCUT2D eigenvalue weighted by Crippen LogP contribution is -2.16. The molecule has 35 heavy (non-hydrogen) atoms. The van der Waals surface area contributed by atoms with Crippen molar-refractivity contribution >= 4 is 33.1 Å². The fraction of sp³-hybridized carbons (Fsp3) is 0.269. The van der Waals surface area contributed by atoms with E-state index in [4.69, 9.17) is 10.5 Å². The number of ketones is 1. The van der Waals surface area contributed by atoms with Crippen LogP contribution in [-0.2, 0) is 19.4 Å². The molecule has 2 amide bonds. The van der Waals surface area contributed by atoms with E-state index in [0.717, 1.165) is 24.0 Å². The van der Waals surface area contributed by atoms with Crippen molar-refractivity contribution in [3.8, 4) is 5.75 Å². The third-order valence-corrected chi connectivity index (χ3v) is 8.11. The number of hydrogen-bond donors (Lipinski definition) is 2.